The van der Waals surface area contributed by atoms with Gasteiger partial charge in [-0.05, 0) is 24.0 Å². The minimum atomic E-state index is 0. The Balaban J connectivity index is 0.000000429. The molecule has 31 heavy (non-hydrogen) atoms. The van der Waals surface area contributed by atoms with Crippen LogP contribution in [-0.2, 0) is 16.0 Å². The van der Waals surface area contributed by atoms with Gasteiger partial charge < -0.3 is 29.8 Å². The van der Waals surface area contributed by atoms with Crippen LogP contribution in [0.4, 0.5) is 0 Å². The molecule has 0 amide bonds. The molecule has 1 aromatic rings. The lowest BCUT2D eigenvalue weighted by molar-refractivity contribution is 0.185. The van der Waals surface area contributed by atoms with Gasteiger partial charge in [0.2, 0.25) is 0 Å². The highest BCUT2D eigenvalue weighted by molar-refractivity contribution is 5.08. The molecule has 0 aliphatic carbocycles. The molecule has 1 saturated heterocycles. The van der Waals surface area contributed by atoms with Crippen LogP contribution in [0.1, 0.15) is 61.0 Å². The Morgan fingerprint density at radius 1 is 0.935 bits per heavy atom. The van der Waals surface area contributed by atoms with E-state index in [0.717, 1.165) is 52.0 Å². The maximum absolute atomic E-state index is 5.25. The van der Waals surface area contributed by atoms with Crippen LogP contribution < -0.4 is 16.0 Å². The first-order valence-corrected chi connectivity index (χ1v) is 11.4. The van der Waals surface area contributed by atoms with Crippen molar-refractivity contribution in [2.24, 2.45) is 5.92 Å². The molecule has 1 aromatic heterocycles. The van der Waals surface area contributed by atoms with E-state index in [0.29, 0.717) is 18.1 Å². The van der Waals surface area contributed by atoms with Crippen LogP contribution in [0.3, 0.4) is 0 Å². The molecule has 0 aromatic carbocycles. The summed E-state index contributed by atoms with van der Waals surface area (Å²) in [6.45, 7) is 19.4. The van der Waals surface area contributed by atoms with Gasteiger partial charge in [0.25, 0.3) is 0 Å². The molecule has 6 heteroatoms. The SMILES string of the molecule is C.CC(C)NCC1=CCOC1.CC(C)NCC1CCOC1.CC(C)NCc1ccoc1. The molecular formula is C25H49N3O3. The van der Waals surface area contributed by atoms with E-state index in [1.807, 2.05) is 6.07 Å². The van der Waals surface area contributed by atoms with Crippen LogP contribution in [0.25, 0.3) is 0 Å². The minimum absolute atomic E-state index is 0. The molecule has 2 aliphatic rings. The van der Waals surface area contributed by atoms with Gasteiger partial charge in [-0.25, -0.2) is 0 Å². The fourth-order valence-electron chi connectivity index (χ4n) is 2.75. The van der Waals surface area contributed by atoms with Gasteiger partial charge in [-0.15, -0.1) is 0 Å². The van der Waals surface area contributed by atoms with Crippen molar-refractivity contribution in [3.63, 3.8) is 0 Å². The molecule has 0 radical (unpaired) electrons. The predicted molar refractivity (Wildman–Crippen MR) is 132 cm³/mol. The summed E-state index contributed by atoms with van der Waals surface area (Å²) in [5.74, 6) is 0.766. The van der Waals surface area contributed by atoms with Crippen LogP contribution in [0.15, 0.2) is 34.7 Å². The van der Waals surface area contributed by atoms with Gasteiger partial charge in [0.05, 0.1) is 32.3 Å². The van der Waals surface area contributed by atoms with E-state index in [2.05, 4.69) is 63.6 Å². The Morgan fingerprint density at radius 2 is 1.61 bits per heavy atom. The fraction of sp³-hybridized carbons (Fsp3) is 0.760. The molecule has 0 bridgehead atoms. The molecule has 1 fully saturated rings. The first kappa shape index (κ1) is 29.8. The molecule has 3 rings (SSSR count). The topological polar surface area (TPSA) is 67.7 Å². The van der Waals surface area contributed by atoms with Crippen molar-refractivity contribution in [3.05, 3.63) is 35.8 Å². The predicted octanol–water partition coefficient (Wildman–Crippen LogP) is 4.38. The van der Waals surface area contributed by atoms with Gasteiger partial charge in [-0.3, -0.25) is 0 Å². The van der Waals surface area contributed by atoms with E-state index in [-0.39, 0.29) is 7.43 Å². The molecule has 1 unspecified atom stereocenters. The number of rotatable bonds is 9. The molecule has 3 heterocycles. The average molecular weight is 440 g/mol. The first-order chi connectivity index (χ1) is 14.4. The molecule has 182 valence electrons. The van der Waals surface area contributed by atoms with Crippen molar-refractivity contribution in [2.75, 3.05) is 39.5 Å². The van der Waals surface area contributed by atoms with E-state index < -0.39 is 0 Å². The Morgan fingerprint density at radius 3 is 2.10 bits per heavy atom. The second kappa shape index (κ2) is 18.4. The zero-order valence-electron chi connectivity index (χ0n) is 20.0. The van der Waals surface area contributed by atoms with Crippen molar-refractivity contribution in [3.8, 4) is 0 Å². The van der Waals surface area contributed by atoms with Gasteiger partial charge in [0.1, 0.15) is 0 Å². The molecule has 2 aliphatic heterocycles. The van der Waals surface area contributed by atoms with E-state index in [4.69, 9.17) is 13.9 Å². The maximum Gasteiger partial charge on any atom is 0.0947 e. The monoisotopic (exact) mass is 439 g/mol. The van der Waals surface area contributed by atoms with Crippen LogP contribution in [0.5, 0.6) is 0 Å². The molecule has 3 N–H and O–H groups in total. The highest BCUT2D eigenvalue weighted by Gasteiger charge is 2.14. The van der Waals surface area contributed by atoms with E-state index in [1.165, 1.54) is 17.6 Å². The number of ether oxygens (including phenoxy) is 2. The average Bonchev–Trinajstić information content (AvgIpc) is 3.48. The second-order valence-corrected chi connectivity index (χ2v) is 8.87. The summed E-state index contributed by atoms with van der Waals surface area (Å²) in [4.78, 5) is 0. The zero-order chi connectivity index (χ0) is 22.2. The molecular weight excluding hydrogens is 390 g/mol. The third-order valence-electron chi connectivity index (χ3n) is 4.65. The minimum Gasteiger partial charge on any atom is -0.472 e. The Bertz CT molecular complexity index is 536. The lowest BCUT2D eigenvalue weighted by atomic mass is 10.1. The highest BCUT2D eigenvalue weighted by atomic mass is 16.5. The van der Waals surface area contributed by atoms with Crippen molar-refractivity contribution in [1.29, 1.82) is 0 Å². The third kappa shape index (κ3) is 17.1. The van der Waals surface area contributed by atoms with Gasteiger partial charge in [-0.2, -0.15) is 0 Å². The highest BCUT2D eigenvalue weighted by Crippen LogP contribution is 2.10. The summed E-state index contributed by atoms with van der Waals surface area (Å²) in [5.41, 5.74) is 2.59. The quantitative estimate of drug-likeness (QED) is 0.496. The Kier molecular flexibility index (Phi) is 17.7. The largest absolute Gasteiger partial charge is 0.472 e. The van der Waals surface area contributed by atoms with E-state index in [9.17, 15) is 0 Å². The zero-order valence-corrected chi connectivity index (χ0v) is 20.0. The van der Waals surface area contributed by atoms with Crippen LogP contribution in [0.2, 0.25) is 0 Å². The third-order valence-corrected chi connectivity index (χ3v) is 4.65. The summed E-state index contributed by atoms with van der Waals surface area (Å²) in [7, 11) is 0. The van der Waals surface area contributed by atoms with Crippen molar-refractivity contribution in [2.45, 2.75) is 80.1 Å². The van der Waals surface area contributed by atoms with Gasteiger partial charge in [0, 0.05) is 49.9 Å². The fourth-order valence-corrected chi connectivity index (χ4v) is 2.75. The standard InChI is InChI=1S/C8H17NO.C8H15NO.C8H13NO.CH4/c3*1-7(2)9-5-8-3-4-10-6-8;/h7-9H,3-6H2,1-2H3;3,7,9H,4-6H2,1-2H3;3-4,6-7,9H,5H2,1-2H3;1H4. The summed E-state index contributed by atoms with van der Waals surface area (Å²) < 4.78 is 15.3. The summed E-state index contributed by atoms with van der Waals surface area (Å²) in [6.07, 6.45) is 6.84. The molecule has 0 spiro atoms. The lowest BCUT2D eigenvalue weighted by Crippen LogP contribution is -2.29. The van der Waals surface area contributed by atoms with Crippen molar-refractivity contribution < 1.29 is 13.9 Å². The lowest BCUT2D eigenvalue weighted by Gasteiger charge is -2.11. The molecule has 0 saturated carbocycles. The second-order valence-electron chi connectivity index (χ2n) is 8.87. The van der Waals surface area contributed by atoms with Crippen molar-refractivity contribution >= 4 is 0 Å². The number of nitrogens with one attached hydrogen (secondary N) is 3. The normalized spacial score (nSPS) is 17.7. The van der Waals surface area contributed by atoms with Crippen molar-refractivity contribution in [1.82, 2.24) is 16.0 Å². The first-order valence-electron chi connectivity index (χ1n) is 11.4. The number of furan rings is 1. The van der Waals surface area contributed by atoms with Crippen LogP contribution in [0, 0.1) is 5.92 Å². The summed E-state index contributed by atoms with van der Waals surface area (Å²) in [6, 6.07) is 3.69. The van der Waals surface area contributed by atoms with E-state index >= 15 is 0 Å². The van der Waals surface area contributed by atoms with Gasteiger partial charge in [0.15, 0.2) is 0 Å². The number of hydrogen-bond acceptors (Lipinski definition) is 6. The van der Waals surface area contributed by atoms with Crippen LogP contribution >= 0.6 is 0 Å². The molecule has 6 nitrogen and oxygen atoms in total. The maximum atomic E-state index is 5.25. The molecule has 1 atom stereocenters. The van der Waals surface area contributed by atoms with Crippen LogP contribution in [-0.4, -0.2) is 57.6 Å². The smallest absolute Gasteiger partial charge is 0.0947 e. The summed E-state index contributed by atoms with van der Waals surface area (Å²) >= 11 is 0. The Hall–Kier alpha value is -1.18. The summed E-state index contributed by atoms with van der Waals surface area (Å²) in [5, 5.41) is 10.0. The van der Waals surface area contributed by atoms with Gasteiger partial charge >= 0.3 is 0 Å². The Labute approximate surface area is 191 Å². The number of hydrogen-bond donors (Lipinski definition) is 3. The van der Waals surface area contributed by atoms with E-state index in [1.54, 1.807) is 12.5 Å². The van der Waals surface area contributed by atoms with Gasteiger partial charge in [-0.1, -0.05) is 55.0 Å².